The fourth-order valence-corrected chi connectivity index (χ4v) is 2.55. The Morgan fingerprint density at radius 2 is 1.93 bits per heavy atom. The summed E-state index contributed by atoms with van der Waals surface area (Å²) in [5.74, 6) is 0. The number of nitrogens with zero attached hydrogens (tertiary/aromatic N) is 2. The molecule has 0 unspecified atom stereocenters. The highest BCUT2D eigenvalue weighted by Gasteiger charge is 2.39. The van der Waals surface area contributed by atoms with Gasteiger partial charge in [0.1, 0.15) is 0 Å². The Hall–Kier alpha value is -1.22. The minimum Gasteiger partial charge on any atom is -0.260 e. The predicted molar refractivity (Wildman–Crippen MR) is 58.2 cm³/mol. The SMILES string of the molecule is FN1CCC2(C=Nc3ccccc32)CC1. The van der Waals surface area contributed by atoms with Crippen molar-refractivity contribution in [3.8, 4) is 0 Å². The minimum atomic E-state index is 0.0131. The molecule has 1 fully saturated rings. The second kappa shape index (κ2) is 3.14. The second-order valence-corrected chi connectivity index (χ2v) is 4.34. The molecule has 0 amide bonds. The monoisotopic (exact) mass is 204 g/mol. The molecule has 0 N–H and O–H groups in total. The maximum atomic E-state index is 13.0. The summed E-state index contributed by atoms with van der Waals surface area (Å²) >= 11 is 0. The number of fused-ring (bicyclic) bond motifs is 2. The van der Waals surface area contributed by atoms with Gasteiger partial charge in [0.25, 0.3) is 0 Å². The highest BCUT2D eigenvalue weighted by Crippen LogP contribution is 2.43. The van der Waals surface area contributed by atoms with Crippen LogP contribution in [0, 0.1) is 0 Å². The van der Waals surface area contributed by atoms with Crippen LogP contribution in [-0.4, -0.2) is 24.4 Å². The van der Waals surface area contributed by atoms with Gasteiger partial charge < -0.3 is 0 Å². The average molecular weight is 204 g/mol. The quantitative estimate of drug-likeness (QED) is 0.593. The molecule has 0 saturated carbocycles. The van der Waals surface area contributed by atoms with Crippen molar-refractivity contribution in [2.75, 3.05) is 13.1 Å². The van der Waals surface area contributed by atoms with Crippen LogP contribution in [0.3, 0.4) is 0 Å². The van der Waals surface area contributed by atoms with Crippen LogP contribution in [-0.2, 0) is 5.41 Å². The van der Waals surface area contributed by atoms with Crippen molar-refractivity contribution in [3.05, 3.63) is 29.8 Å². The summed E-state index contributed by atoms with van der Waals surface area (Å²) in [6.07, 6.45) is 3.69. The lowest BCUT2D eigenvalue weighted by atomic mass is 9.75. The summed E-state index contributed by atoms with van der Waals surface area (Å²) in [5.41, 5.74) is 2.35. The number of halogens is 1. The molecule has 15 heavy (non-hydrogen) atoms. The predicted octanol–water partition coefficient (Wildman–Crippen LogP) is 2.62. The van der Waals surface area contributed by atoms with Crippen molar-refractivity contribution in [3.63, 3.8) is 0 Å². The van der Waals surface area contributed by atoms with Gasteiger partial charge in [0.2, 0.25) is 0 Å². The van der Waals surface area contributed by atoms with E-state index in [9.17, 15) is 4.48 Å². The van der Waals surface area contributed by atoms with Crippen molar-refractivity contribution >= 4 is 11.9 Å². The topological polar surface area (TPSA) is 15.6 Å². The van der Waals surface area contributed by atoms with E-state index in [2.05, 4.69) is 11.1 Å². The first-order chi connectivity index (χ1) is 7.30. The summed E-state index contributed by atoms with van der Waals surface area (Å²) in [5, 5.41) is 0.903. The number of para-hydroxylation sites is 1. The van der Waals surface area contributed by atoms with Crippen LogP contribution < -0.4 is 0 Å². The van der Waals surface area contributed by atoms with Crippen LogP contribution in [0.15, 0.2) is 29.3 Å². The highest BCUT2D eigenvalue weighted by atomic mass is 19.2. The van der Waals surface area contributed by atoms with Gasteiger partial charge in [0.05, 0.1) is 5.69 Å². The van der Waals surface area contributed by atoms with Crippen molar-refractivity contribution in [2.45, 2.75) is 18.3 Å². The Bertz CT molecular complexity index is 406. The molecule has 1 aromatic rings. The van der Waals surface area contributed by atoms with Crippen LogP contribution in [0.4, 0.5) is 10.2 Å². The van der Waals surface area contributed by atoms with E-state index in [-0.39, 0.29) is 5.41 Å². The number of hydrogen-bond acceptors (Lipinski definition) is 2. The van der Waals surface area contributed by atoms with Gasteiger partial charge in [-0.15, -0.1) is 9.60 Å². The summed E-state index contributed by atoms with van der Waals surface area (Å²) in [4.78, 5) is 4.44. The van der Waals surface area contributed by atoms with Crippen LogP contribution in [0.2, 0.25) is 0 Å². The third kappa shape index (κ3) is 1.30. The third-order valence-corrected chi connectivity index (χ3v) is 3.49. The highest BCUT2D eigenvalue weighted by molar-refractivity contribution is 5.85. The van der Waals surface area contributed by atoms with E-state index in [4.69, 9.17) is 0 Å². The number of rotatable bonds is 0. The molecule has 3 rings (SSSR count). The molecule has 0 bridgehead atoms. The molecule has 3 heteroatoms. The van der Waals surface area contributed by atoms with E-state index < -0.39 is 0 Å². The van der Waals surface area contributed by atoms with Crippen molar-refractivity contribution in [1.29, 1.82) is 0 Å². The van der Waals surface area contributed by atoms with Gasteiger partial charge in [-0.05, 0) is 24.5 Å². The van der Waals surface area contributed by atoms with Crippen LogP contribution >= 0.6 is 0 Å². The summed E-state index contributed by atoms with van der Waals surface area (Å²) in [7, 11) is 0. The van der Waals surface area contributed by atoms with Crippen LogP contribution in [0.1, 0.15) is 18.4 Å². The molecule has 0 radical (unpaired) electrons. The lowest BCUT2D eigenvalue weighted by molar-refractivity contribution is -0.00547. The molecular weight excluding hydrogens is 191 g/mol. The number of aliphatic imine (C=N–C) groups is 1. The zero-order chi connectivity index (χ0) is 10.3. The van der Waals surface area contributed by atoms with Crippen molar-refractivity contribution in [2.24, 2.45) is 4.99 Å². The first kappa shape index (κ1) is 9.04. The Morgan fingerprint density at radius 3 is 2.73 bits per heavy atom. The third-order valence-electron chi connectivity index (χ3n) is 3.49. The molecule has 0 aliphatic carbocycles. The molecule has 2 aliphatic rings. The summed E-state index contributed by atoms with van der Waals surface area (Å²) in [6, 6.07) is 8.19. The molecule has 0 atom stereocenters. The maximum Gasteiger partial charge on any atom is 0.0667 e. The van der Waals surface area contributed by atoms with E-state index in [0.717, 1.165) is 23.7 Å². The fourth-order valence-electron chi connectivity index (χ4n) is 2.55. The smallest absolute Gasteiger partial charge is 0.0667 e. The van der Waals surface area contributed by atoms with Gasteiger partial charge in [-0.25, -0.2) is 0 Å². The number of piperidine rings is 1. The Balaban J connectivity index is 1.99. The van der Waals surface area contributed by atoms with E-state index in [0.29, 0.717) is 13.1 Å². The van der Waals surface area contributed by atoms with Crippen molar-refractivity contribution < 1.29 is 4.48 Å². The van der Waals surface area contributed by atoms with E-state index in [1.165, 1.54) is 5.56 Å². The normalized spacial score (nSPS) is 23.3. The summed E-state index contributed by atoms with van der Waals surface area (Å²) in [6.45, 7) is 1.03. The maximum absolute atomic E-state index is 13.0. The Kier molecular flexibility index (Phi) is 1.89. The summed E-state index contributed by atoms with van der Waals surface area (Å²) < 4.78 is 13.0. The van der Waals surface area contributed by atoms with E-state index in [1.54, 1.807) is 0 Å². The molecule has 2 heterocycles. The van der Waals surface area contributed by atoms with Crippen LogP contribution in [0.25, 0.3) is 0 Å². The molecule has 0 aromatic heterocycles. The molecule has 1 saturated heterocycles. The van der Waals surface area contributed by atoms with Crippen LogP contribution in [0.5, 0.6) is 0 Å². The lowest BCUT2D eigenvalue weighted by Crippen LogP contribution is -2.39. The van der Waals surface area contributed by atoms with Crippen molar-refractivity contribution in [1.82, 2.24) is 5.12 Å². The lowest BCUT2D eigenvalue weighted by Gasteiger charge is -2.34. The van der Waals surface area contributed by atoms with Gasteiger partial charge in [0, 0.05) is 24.7 Å². The van der Waals surface area contributed by atoms with E-state index in [1.807, 2.05) is 24.4 Å². The van der Waals surface area contributed by atoms with Gasteiger partial charge in [-0.1, -0.05) is 18.2 Å². The number of hydrogen-bond donors (Lipinski definition) is 0. The average Bonchev–Trinajstić information content (AvgIpc) is 2.63. The minimum absolute atomic E-state index is 0.0131. The zero-order valence-corrected chi connectivity index (χ0v) is 8.49. The fraction of sp³-hybridized carbons (Fsp3) is 0.417. The Labute approximate surface area is 88.4 Å². The number of benzene rings is 1. The first-order valence-electron chi connectivity index (χ1n) is 5.36. The molecule has 2 nitrogen and oxygen atoms in total. The van der Waals surface area contributed by atoms with E-state index >= 15 is 0 Å². The van der Waals surface area contributed by atoms with Gasteiger partial charge >= 0.3 is 0 Å². The standard InChI is InChI=1S/C12H13FN2/c13-15-7-5-12(6-8-15)9-14-11-4-2-1-3-10(11)12/h1-4,9H,5-8H2. The van der Waals surface area contributed by atoms with Gasteiger partial charge in [0.15, 0.2) is 0 Å². The van der Waals surface area contributed by atoms with Gasteiger partial charge in [-0.2, -0.15) is 0 Å². The Morgan fingerprint density at radius 1 is 1.20 bits per heavy atom. The molecule has 78 valence electrons. The molecule has 1 spiro atoms. The first-order valence-corrected chi connectivity index (χ1v) is 5.36. The second-order valence-electron chi connectivity index (χ2n) is 4.34. The molecular formula is C12H13FN2. The molecule has 1 aromatic carbocycles. The van der Waals surface area contributed by atoms with Gasteiger partial charge in [-0.3, -0.25) is 4.99 Å². The molecule has 2 aliphatic heterocycles. The largest absolute Gasteiger partial charge is 0.260 e. The zero-order valence-electron chi connectivity index (χ0n) is 8.49.